The maximum absolute atomic E-state index is 4.47. The molecule has 2 saturated heterocycles. The topological polar surface area (TPSA) is 42.9 Å². The first-order valence-electron chi connectivity index (χ1n) is 10.1. The summed E-state index contributed by atoms with van der Waals surface area (Å²) >= 11 is 0. The smallest absolute Gasteiger partial charge is 0.191 e. The van der Waals surface area contributed by atoms with Crippen LogP contribution in [0.25, 0.3) is 0 Å². The largest absolute Gasteiger partial charge is 0.355 e. The standard InChI is InChI=1S/C19H37N5.HI/c1-14-12-23(17-8-9-17)13-18(14)22-19(20-4)21-11-16(3)24-10-6-5-7-15(24)2;/h14-18H,5-13H2,1-4H3,(H2,20,21,22);1H. The Morgan fingerprint density at radius 2 is 1.92 bits per heavy atom. The fourth-order valence-corrected chi connectivity index (χ4v) is 4.44. The highest BCUT2D eigenvalue weighted by Gasteiger charge is 2.38. The predicted molar refractivity (Wildman–Crippen MR) is 117 cm³/mol. The molecule has 5 nitrogen and oxygen atoms in total. The summed E-state index contributed by atoms with van der Waals surface area (Å²) in [6.45, 7) is 11.7. The number of guanidine groups is 1. The van der Waals surface area contributed by atoms with Crippen LogP contribution in [0.4, 0.5) is 0 Å². The number of hydrogen-bond acceptors (Lipinski definition) is 3. The molecule has 2 aliphatic heterocycles. The fourth-order valence-electron chi connectivity index (χ4n) is 4.44. The third-order valence-corrected chi connectivity index (χ3v) is 6.24. The molecule has 0 spiro atoms. The maximum atomic E-state index is 4.47. The van der Waals surface area contributed by atoms with Crippen LogP contribution in [0.3, 0.4) is 0 Å². The number of hydrogen-bond donors (Lipinski definition) is 2. The van der Waals surface area contributed by atoms with Gasteiger partial charge in [0.15, 0.2) is 5.96 Å². The van der Waals surface area contributed by atoms with Crippen molar-refractivity contribution in [2.24, 2.45) is 10.9 Å². The Bertz CT molecular complexity index is 440. The molecule has 4 atom stereocenters. The van der Waals surface area contributed by atoms with E-state index in [1.807, 2.05) is 7.05 Å². The highest BCUT2D eigenvalue weighted by atomic mass is 127. The van der Waals surface area contributed by atoms with Crippen LogP contribution in [0.1, 0.15) is 52.9 Å². The van der Waals surface area contributed by atoms with E-state index in [-0.39, 0.29) is 24.0 Å². The lowest BCUT2D eigenvalue weighted by atomic mass is 10.0. The summed E-state index contributed by atoms with van der Waals surface area (Å²) in [4.78, 5) is 9.77. The van der Waals surface area contributed by atoms with Crippen molar-refractivity contribution in [3.05, 3.63) is 0 Å². The van der Waals surface area contributed by atoms with Gasteiger partial charge in [-0.2, -0.15) is 0 Å². The van der Waals surface area contributed by atoms with Gasteiger partial charge in [0, 0.05) is 50.8 Å². The van der Waals surface area contributed by atoms with Gasteiger partial charge in [-0.1, -0.05) is 13.3 Å². The van der Waals surface area contributed by atoms with Gasteiger partial charge in [0.1, 0.15) is 0 Å². The van der Waals surface area contributed by atoms with Crippen molar-refractivity contribution >= 4 is 29.9 Å². The van der Waals surface area contributed by atoms with Gasteiger partial charge in [0.2, 0.25) is 0 Å². The molecule has 6 heteroatoms. The van der Waals surface area contributed by atoms with Crippen molar-refractivity contribution in [2.75, 3.05) is 33.2 Å². The van der Waals surface area contributed by atoms with Crippen molar-refractivity contribution in [2.45, 2.75) is 77.0 Å². The zero-order valence-electron chi connectivity index (χ0n) is 16.5. The molecule has 4 unspecified atom stereocenters. The van der Waals surface area contributed by atoms with Gasteiger partial charge in [0.05, 0.1) is 0 Å². The molecular formula is C19H38IN5. The minimum Gasteiger partial charge on any atom is -0.355 e. The molecule has 0 aromatic rings. The second-order valence-corrected chi connectivity index (χ2v) is 8.30. The highest BCUT2D eigenvalue weighted by molar-refractivity contribution is 14.0. The Balaban J connectivity index is 0.00000225. The lowest BCUT2D eigenvalue weighted by molar-refractivity contribution is 0.115. The number of nitrogens with one attached hydrogen (secondary N) is 2. The monoisotopic (exact) mass is 463 g/mol. The summed E-state index contributed by atoms with van der Waals surface area (Å²) < 4.78 is 0. The van der Waals surface area contributed by atoms with Crippen LogP contribution in [-0.4, -0.2) is 73.2 Å². The van der Waals surface area contributed by atoms with E-state index in [1.54, 1.807) is 0 Å². The van der Waals surface area contributed by atoms with E-state index in [9.17, 15) is 0 Å². The molecule has 3 fully saturated rings. The number of nitrogens with zero attached hydrogens (tertiary/aromatic N) is 3. The molecule has 1 aliphatic carbocycles. The van der Waals surface area contributed by atoms with E-state index in [0.717, 1.165) is 18.5 Å². The van der Waals surface area contributed by atoms with Crippen LogP contribution in [0.5, 0.6) is 0 Å². The lowest BCUT2D eigenvalue weighted by Gasteiger charge is -2.38. The van der Waals surface area contributed by atoms with E-state index < -0.39 is 0 Å². The SMILES string of the molecule is CN=C(NCC(C)N1CCCCC1C)NC1CN(C2CC2)CC1C.I. The normalized spacial score (nSPS) is 33.0. The van der Waals surface area contributed by atoms with Crippen LogP contribution in [0.15, 0.2) is 4.99 Å². The summed E-state index contributed by atoms with van der Waals surface area (Å²) in [7, 11) is 1.89. The Kier molecular flexibility index (Phi) is 8.27. The van der Waals surface area contributed by atoms with Gasteiger partial charge >= 0.3 is 0 Å². The molecular weight excluding hydrogens is 425 g/mol. The average Bonchev–Trinajstić information content (AvgIpc) is 3.36. The van der Waals surface area contributed by atoms with E-state index in [0.29, 0.717) is 24.0 Å². The Morgan fingerprint density at radius 1 is 1.16 bits per heavy atom. The van der Waals surface area contributed by atoms with Crippen molar-refractivity contribution in [3.63, 3.8) is 0 Å². The number of aliphatic imine (C=N–C) groups is 1. The van der Waals surface area contributed by atoms with E-state index in [4.69, 9.17) is 0 Å². The van der Waals surface area contributed by atoms with Gasteiger partial charge in [0.25, 0.3) is 0 Å². The number of halogens is 1. The first kappa shape index (κ1) is 21.2. The quantitative estimate of drug-likeness (QED) is 0.374. The second kappa shape index (κ2) is 9.74. The number of likely N-dealkylation sites (tertiary alicyclic amines) is 2. The Labute approximate surface area is 171 Å². The molecule has 3 rings (SSSR count). The second-order valence-electron chi connectivity index (χ2n) is 8.30. The summed E-state index contributed by atoms with van der Waals surface area (Å²) in [5.74, 6) is 1.67. The first-order chi connectivity index (χ1) is 11.6. The van der Waals surface area contributed by atoms with E-state index in [2.05, 4.69) is 46.2 Å². The van der Waals surface area contributed by atoms with Gasteiger partial charge < -0.3 is 10.6 Å². The van der Waals surface area contributed by atoms with Crippen LogP contribution in [0, 0.1) is 5.92 Å². The third kappa shape index (κ3) is 5.70. The minimum atomic E-state index is 0. The van der Waals surface area contributed by atoms with E-state index >= 15 is 0 Å². The van der Waals surface area contributed by atoms with Gasteiger partial charge in [-0.15, -0.1) is 24.0 Å². The van der Waals surface area contributed by atoms with Crippen LogP contribution in [-0.2, 0) is 0 Å². The molecule has 3 aliphatic rings. The molecule has 0 amide bonds. The summed E-state index contributed by atoms with van der Waals surface area (Å²) in [5, 5.41) is 7.25. The zero-order valence-corrected chi connectivity index (χ0v) is 18.8. The first-order valence-corrected chi connectivity index (χ1v) is 10.1. The Hall–Kier alpha value is -0.0800. The molecule has 2 heterocycles. The molecule has 1 saturated carbocycles. The molecule has 2 N–H and O–H groups in total. The maximum Gasteiger partial charge on any atom is 0.191 e. The molecule has 25 heavy (non-hydrogen) atoms. The van der Waals surface area contributed by atoms with Gasteiger partial charge in [-0.05, 0) is 52.0 Å². The van der Waals surface area contributed by atoms with Gasteiger partial charge in [-0.3, -0.25) is 14.8 Å². The summed E-state index contributed by atoms with van der Waals surface area (Å²) in [5.41, 5.74) is 0. The van der Waals surface area contributed by atoms with Crippen molar-refractivity contribution in [3.8, 4) is 0 Å². The predicted octanol–water partition coefficient (Wildman–Crippen LogP) is 2.52. The fraction of sp³-hybridized carbons (Fsp3) is 0.947. The zero-order chi connectivity index (χ0) is 17.1. The summed E-state index contributed by atoms with van der Waals surface area (Å²) in [6, 6.07) is 2.67. The molecule has 0 radical (unpaired) electrons. The Morgan fingerprint density at radius 3 is 2.56 bits per heavy atom. The minimum absolute atomic E-state index is 0. The average molecular weight is 463 g/mol. The lowest BCUT2D eigenvalue weighted by Crippen LogP contribution is -2.52. The number of piperidine rings is 1. The molecule has 0 bridgehead atoms. The van der Waals surface area contributed by atoms with E-state index in [1.165, 1.54) is 51.7 Å². The van der Waals surface area contributed by atoms with Gasteiger partial charge in [-0.25, -0.2) is 0 Å². The molecule has 146 valence electrons. The summed E-state index contributed by atoms with van der Waals surface area (Å²) in [6.07, 6.45) is 6.88. The molecule has 0 aromatic carbocycles. The van der Waals surface area contributed by atoms with Crippen molar-refractivity contribution in [1.82, 2.24) is 20.4 Å². The van der Waals surface area contributed by atoms with Crippen molar-refractivity contribution in [1.29, 1.82) is 0 Å². The highest BCUT2D eigenvalue weighted by Crippen LogP contribution is 2.31. The number of rotatable bonds is 5. The molecule has 0 aromatic heterocycles. The van der Waals surface area contributed by atoms with Crippen LogP contribution in [0.2, 0.25) is 0 Å². The van der Waals surface area contributed by atoms with Crippen LogP contribution < -0.4 is 10.6 Å². The van der Waals surface area contributed by atoms with Crippen LogP contribution >= 0.6 is 24.0 Å². The van der Waals surface area contributed by atoms with Crippen molar-refractivity contribution < 1.29 is 0 Å². The third-order valence-electron chi connectivity index (χ3n) is 6.24.